The van der Waals surface area contributed by atoms with Crippen LogP contribution in [0.3, 0.4) is 0 Å². The summed E-state index contributed by atoms with van der Waals surface area (Å²) in [6.07, 6.45) is -0.993. The smallest absolute Gasteiger partial charge is 0.203 e. The van der Waals surface area contributed by atoms with E-state index in [1.807, 2.05) is 0 Å². The fraction of sp³-hybridized carbons (Fsp3) is 0.500. The van der Waals surface area contributed by atoms with E-state index in [0.29, 0.717) is 22.8 Å². The van der Waals surface area contributed by atoms with Gasteiger partial charge in [0.15, 0.2) is 11.5 Å². The Hall–Kier alpha value is -1.93. The number of hydrogen-bond acceptors (Lipinski definition) is 5. The van der Waals surface area contributed by atoms with Crippen molar-refractivity contribution in [3.05, 3.63) is 17.7 Å². The van der Waals surface area contributed by atoms with Crippen molar-refractivity contribution < 1.29 is 19.3 Å². The van der Waals surface area contributed by atoms with E-state index in [-0.39, 0.29) is 0 Å². The van der Waals surface area contributed by atoms with Gasteiger partial charge in [0.2, 0.25) is 5.75 Å². The summed E-state index contributed by atoms with van der Waals surface area (Å²) in [6, 6.07) is 5.42. The van der Waals surface area contributed by atoms with Crippen molar-refractivity contribution in [3.8, 4) is 23.3 Å². The summed E-state index contributed by atoms with van der Waals surface area (Å²) in [7, 11) is 4.49. The predicted molar refractivity (Wildman–Crippen MR) is 70.5 cm³/mol. The average Bonchev–Trinajstić information content (AvgIpc) is 2.44. The van der Waals surface area contributed by atoms with Gasteiger partial charge in [-0.05, 0) is 26.0 Å². The maximum Gasteiger partial charge on any atom is 0.203 e. The largest absolute Gasteiger partial charge is 0.493 e. The third-order valence-electron chi connectivity index (χ3n) is 3.00. The monoisotopic (exact) mass is 265 g/mol. The standard InChI is InChI=1S/C14H19NO4/c1-14(2,8-15)13(16)9-6-7-10(17-3)12(19-5)11(9)18-4/h6-7,13,16H,1-5H3. The maximum atomic E-state index is 10.3. The summed E-state index contributed by atoms with van der Waals surface area (Å²) in [5.41, 5.74) is -0.445. The number of aliphatic hydroxyl groups is 1. The van der Waals surface area contributed by atoms with Crippen LogP contribution in [0.5, 0.6) is 17.2 Å². The first-order valence-corrected chi connectivity index (χ1v) is 5.81. The molecule has 104 valence electrons. The number of nitrogens with zero attached hydrogens (tertiary/aromatic N) is 1. The molecule has 0 spiro atoms. The van der Waals surface area contributed by atoms with Gasteiger partial charge in [-0.25, -0.2) is 0 Å². The van der Waals surface area contributed by atoms with Gasteiger partial charge in [0.1, 0.15) is 6.10 Å². The molecule has 0 amide bonds. The maximum absolute atomic E-state index is 10.3. The highest BCUT2D eigenvalue weighted by Gasteiger charge is 2.33. The second-order valence-corrected chi connectivity index (χ2v) is 4.66. The van der Waals surface area contributed by atoms with Gasteiger partial charge < -0.3 is 19.3 Å². The van der Waals surface area contributed by atoms with Gasteiger partial charge in [0.25, 0.3) is 0 Å². The lowest BCUT2D eigenvalue weighted by Gasteiger charge is -2.26. The molecule has 1 aromatic carbocycles. The van der Waals surface area contributed by atoms with Crippen LogP contribution in [0.1, 0.15) is 25.5 Å². The van der Waals surface area contributed by atoms with Crippen molar-refractivity contribution in [2.45, 2.75) is 20.0 Å². The molecule has 0 aliphatic rings. The zero-order valence-corrected chi connectivity index (χ0v) is 11.9. The van der Waals surface area contributed by atoms with E-state index < -0.39 is 11.5 Å². The number of hydrogen-bond donors (Lipinski definition) is 1. The molecular formula is C14H19NO4. The zero-order chi connectivity index (χ0) is 14.6. The fourth-order valence-electron chi connectivity index (χ4n) is 1.79. The van der Waals surface area contributed by atoms with Gasteiger partial charge in [-0.15, -0.1) is 0 Å². The van der Waals surface area contributed by atoms with Gasteiger partial charge in [-0.3, -0.25) is 0 Å². The lowest BCUT2D eigenvalue weighted by molar-refractivity contribution is 0.0836. The molecule has 5 heteroatoms. The third kappa shape index (κ3) is 2.74. The van der Waals surface area contributed by atoms with Crippen LogP contribution in [0.4, 0.5) is 0 Å². The van der Waals surface area contributed by atoms with Crippen LogP contribution < -0.4 is 14.2 Å². The first kappa shape index (κ1) is 15.1. The molecule has 0 heterocycles. The number of methoxy groups -OCH3 is 3. The van der Waals surface area contributed by atoms with E-state index in [1.165, 1.54) is 21.3 Å². The molecule has 0 saturated carbocycles. The molecule has 0 aliphatic heterocycles. The Bertz CT molecular complexity index is 491. The molecule has 0 fully saturated rings. The van der Waals surface area contributed by atoms with Gasteiger partial charge in [0, 0.05) is 5.56 Å². The summed E-state index contributed by atoms with van der Waals surface area (Å²) >= 11 is 0. The minimum atomic E-state index is -0.993. The molecule has 1 aromatic rings. The van der Waals surface area contributed by atoms with Crippen molar-refractivity contribution in [3.63, 3.8) is 0 Å². The normalized spacial score (nSPS) is 12.5. The molecule has 1 unspecified atom stereocenters. The highest BCUT2D eigenvalue weighted by molar-refractivity contribution is 5.56. The second kappa shape index (κ2) is 5.81. The van der Waals surface area contributed by atoms with Crippen LogP contribution in [0.25, 0.3) is 0 Å². The van der Waals surface area contributed by atoms with Crippen LogP contribution in [0.15, 0.2) is 12.1 Å². The summed E-state index contributed by atoms with van der Waals surface area (Å²) in [4.78, 5) is 0. The second-order valence-electron chi connectivity index (χ2n) is 4.66. The van der Waals surface area contributed by atoms with E-state index in [4.69, 9.17) is 19.5 Å². The molecule has 1 atom stereocenters. The number of ether oxygens (including phenoxy) is 3. The molecule has 0 bridgehead atoms. The summed E-state index contributed by atoms with van der Waals surface area (Å²) in [6.45, 7) is 3.32. The molecule has 0 aliphatic carbocycles. The molecule has 1 rings (SSSR count). The van der Waals surface area contributed by atoms with Crippen LogP contribution in [0.2, 0.25) is 0 Å². The van der Waals surface area contributed by atoms with Crippen molar-refractivity contribution in [1.29, 1.82) is 5.26 Å². The van der Waals surface area contributed by atoms with Gasteiger partial charge in [-0.2, -0.15) is 5.26 Å². The summed E-state index contributed by atoms with van der Waals surface area (Å²) < 4.78 is 15.7. The van der Waals surface area contributed by atoms with Gasteiger partial charge in [-0.1, -0.05) is 0 Å². The van der Waals surface area contributed by atoms with Crippen molar-refractivity contribution in [2.24, 2.45) is 5.41 Å². The van der Waals surface area contributed by atoms with Crippen molar-refractivity contribution in [1.82, 2.24) is 0 Å². The molecular weight excluding hydrogens is 246 g/mol. The Morgan fingerprint density at radius 2 is 1.68 bits per heavy atom. The fourth-order valence-corrected chi connectivity index (χ4v) is 1.79. The number of rotatable bonds is 5. The predicted octanol–water partition coefficient (Wildman–Crippen LogP) is 2.30. The molecule has 0 radical (unpaired) electrons. The quantitative estimate of drug-likeness (QED) is 0.884. The highest BCUT2D eigenvalue weighted by Crippen LogP contribution is 2.45. The van der Waals surface area contributed by atoms with E-state index >= 15 is 0 Å². The Kier molecular flexibility index (Phi) is 4.62. The Balaban J connectivity index is 3.42. The number of aliphatic hydroxyl groups excluding tert-OH is 1. The number of benzene rings is 1. The molecule has 19 heavy (non-hydrogen) atoms. The lowest BCUT2D eigenvalue weighted by atomic mass is 9.83. The minimum Gasteiger partial charge on any atom is -0.493 e. The zero-order valence-electron chi connectivity index (χ0n) is 11.9. The van der Waals surface area contributed by atoms with E-state index in [1.54, 1.807) is 26.0 Å². The van der Waals surface area contributed by atoms with Crippen molar-refractivity contribution >= 4 is 0 Å². The SMILES string of the molecule is COc1ccc(C(O)C(C)(C)C#N)c(OC)c1OC. The van der Waals surface area contributed by atoms with Crippen LogP contribution >= 0.6 is 0 Å². The Morgan fingerprint density at radius 1 is 1.11 bits per heavy atom. The molecule has 0 aromatic heterocycles. The van der Waals surface area contributed by atoms with Gasteiger partial charge in [0.05, 0.1) is 32.8 Å². The Morgan fingerprint density at radius 3 is 2.11 bits per heavy atom. The first-order valence-electron chi connectivity index (χ1n) is 5.81. The van der Waals surface area contributed by atoms with Crippen LogP contribution in [-0.4, -0.2) is 26.4 Å². The molecule has 0 saturated heterocycles. The highest BCUT2D eigenvalue weighted by atomic mass is 16.5. The number of nitriles is 1. The Labute approximate surface area is 113 Å². The lowest BCUT2D eigenvalue weighted by Crippen LogP contribution is -2.20. The minimum absolute atomic E-state index is 0.373. The average molecular weight is 265 g/mol. The van der Waals surface area contributed by atoms with Gasteiger partial charge >= 0.3 is 0 Å². The molecule has 1 N–H and O–H groups in total. The summed E-state index contributed by atoms with van der Waals surface area (Å²) in [5.74, 6) is 1.28. The first-order chi connectivity index (χ1) is 8.92. The van der Waals surface area contributed by atoms with E-state index in [0.717, 1.165) is 0 Å². The molecule has 5 nitrogen and oxygen atoms in total. The third-order valence-corrected chi connectivity index (χ3v) is 3.00. The van der Waals surface area contributed by atoms with E-state index in [9.17, 15) is 5.11 Å². The summed E-state index contributed by atoms with van der Waals surface area (Å²) in [5, 5.41) is 19.5. The van der Waals surface area contributed by atoms with Crippen LogP contribution in [0, 0.1) is 16.7 Å². The topological polar surface area (TPSA) is 71.7 Å². The van der Waals surface area contributed by atoms with Crippen molar-refractivity contribution in [2.75, 3.05) is 21.3 Å². The van der Waals surface area contributed by atoms with E-state index in [2.05, 4.69) is 6.07 Å². The van der Waals surface area contributed by atoms with Crippen LogP contribution in [-0.2, 0) is 0 Å².